The summed E-state index contributed by atoms with van der Waals surface area (Å²) in [6.07, 6.45) is 0.626. The van der Waals surface area contributed by atoms with Crippen LogP contribution in [0.2, 0.25) is 5.15 Å². The quantitative estimate of drug-likeness (QED) is 0.828. The van der Waals surface area contributed by atoms with Crippen molar-refractivity contribution in [2.75, 3.05) is 11.9 Å². The number of aryl methyl sites for hydroxylation is 1. The number of nitrogens with one attached hydrogen (secondary N) is 1. The maximum atomic E-state index is 9.13. The number of thiophene rings is 1. The van der Waals surface area contributed by atoms with Crippen LogP contribution < -0.4 is 5.32 Å². The fourth-order valence-electron chi connectivity index (χ4n) is 1.69. The van der Waals surface area contributed by atoms with Crippen molar-refractivity contribution in [2.45, 2.75) is 19.4 Å². The van der Waals surface area contributed by atoms with Crippen LogP contribution in [0.15, 0.2) is 23.6 Å². The first-order valence-electron chi connectivity index (χ1n) is 5.61. The molecule has 2 N–H and O–H groups in total. The number of aliphatic hydroxyl groups excluding tert-OH is 1. The molecule has 4 nitrogen and oxygen atoms in total. The van der Waals surface area contributed by atoms with Crippen molar-refractivity contribution in [1.29, 1.82) is 0 Å². The summed E-state index contributed by atoms with van der Waals surface area (Å²) in [5, 5.41) is 14.8. The zero-order valence-electron chi connectivity index (χ0n) is 9.93. The van der Waals surface area contributed by atoms with Gasteiger partial charge in [-0.1, -0.05) is 17.7 Å². The number of hydrogen-bond acceptors (Lipinski definition) is 5. The third-order valence-electron chi connectivity index (χ3n) is 2.43. The van der Waals surface area contributed by atoms with E-state index in [4.69, 9.17) is 16.7 Å². The third-order valence-corrected chi connectivity index (χ3v) is 3.61. The highest BCUT2D eigenvalue weighted by atomic mass is 35.5. The number of aliphatic hydroxyl groups is 1. The van der Waals surface area contributed by atoms with E-state index in [1.807, 2.05) is 17.5 Å². The van der Waals surface area contributed by atoms with Crippen molar-refractivity contribution < 1.29 is 5.11 Å². The monoisotopic (exact) mass is 283 g/mol. The molecule has 18 heavy (non-hydrogen) atoms. The molecule has 0 saturated carbocycles. The molecule has 0 aliphatic carbocycles. The Bertz CT molecular complexity index is 484. The summed E-state index contributed by atoms with van der Waals surface area (Å²) in [4.78, 5) is 9.46. The minimum Gasteiger partial charge on any atom is -0.396 e. The minimum absolute atomic E-state index is 0.0420. The lowest BCUT2D eigenvalue weighted by molar-refractivity contribution is 0.280. The Morgan fingerprint density at radius 3 is 2.94 bits per heavy atom. The molecule has 96 valence electrons. The van der Waals surface area contributed by atoms with E-state index >= 15 is 0 Å². The molecule has 0 radical (unpaired) electrons. The van der Waals surface area contributed by atoms with Gasteiger partial charge in [0.1, 0.15) is 16.8 Å². The molecular formula is C12H14ClN3OS. The maximum Gasteiger partial charge on any atom is 0.134 e. The summed E-state index contributed by atoms with van der Waals surface area (Å²) in [6.45, 7) is 1.91. The Balaban J connectivity index is 2.18. The van der Waals surface area contributed by atoms with Gasteiger partial charge in [0.25, 0.3) is 0 Å². The molecule has 1 atom stereocenters. The Labute approximate surface area is 115 Å². The van der Waals surface area contributed by atoms with Crippen LogP contribution in [0, 0.1) is 6.92 Å². The van der Waals surface area contributed by atoms with Crippen molar-refractivity contribution in [2.24, 2.45) is 0 Å². The van der Waals surface area contributed by atoms with Gasteiger partial charge in [-0.15, -0.1) is 11.3 Å². The van der Waals surface area contributed by atoms with Crippen molar-refractivity contribution >= 4 is 28.8 Å². The number of rotatable bonds is 5. The van der Waals surface area contributed by atoms with E-state index in [-0.39, 0.29) is 12.6 Å². The molecule has 2 rings (SSSR count). The van der Waals surface area contributed by atoms with Crippen LogP contribution >= 0.6 is 22.9 Å². The number of hydrogen-bond donors (Lipinski definition) is 2. The predicted molar refractivity (Wildman–Crippen MR) is 74.2 cm³/mol. The normalized spacial score (nSPS) is 12.4. The SMILES string of the molecule is Cc1nc(Cl)cc(N[C@@H](CCO)c2cccs2)n1. The molecule has 0 aliphatic heterocycles. The second-order valence-corrected chi connectivity index (χ2v) is 5.21. The Morgan fingerprint density at radius 1 is 1.50 bits per heavy atom. The molecule has 0 fully saturated rings. The van der Waals surface area contributed by atoms with E-state index in [9.17, 15) is 0 Å². The smallest absolute Gasteiger partial charge is 0.134 e. The van der Waals surface area contributed by atoms with Gasteiger partial charge in [-0.2, -0.15) is 0 Å². The van der Waals surface area contributed by atoms with E-state index < -0.39 is 0 Å². The molecule has 0 aromatic carbocycles. The van der Waals surface area contributed by atoms with Crippen molar-refractivity contribution in [3.63, 3.8) is 0 Å². The fourth-order valence-corrected chi connectivity index (χ4v) is 2.73. The van der Waals surface area contributed by atoms with Gasteiger partial charge in [0.15, 0.2) is 0 Å². The first-order valence-corrected chi connectivity index (χ1v) is 6.87. The summed E-state index contributed by atoms with van der Waals surface area (Å²) in [5.74, 6) is 1.30. The Kier molecular flexibility index (Phi) is 4.52. The number of nitrogens with zero attached hydrogens (tertiary/aromatic N) is 2. The van der Waals surface area contributed by atoms with Crippen LogP contribution in [0.4, 0.5) is 5.82 Å². The number of halogens is 1. The van der Waals surface area contributed by atoms with Crippen LogP contribution in [0.25, 0.3) is 0 Å². The van der Waals surface area contributed by atoms with E-state index in [0.29, 0.717) is 23.2 Å². The summed E-state index contributed by atoms with van der Waals surface area (Å²) < 4.78 is 0. The first kappa shape index (κ1) is 13.3. The molecule has 0 bridgehead atoms. The molecule has 0 unspecified atom stereocenters. The lowest BCUT2D eigenvalue weighted by Crippen LogP contribution is -2.12. The summed E-state index contributed by atoms with van der Waals surface area (Å²) in [5.41, 5.74) is 0. The summed E-state index contributed by atoms with van der Waals surface area (Å²) in [6, 6.07) is 5.75. The summed E-state index contributed by atoms with van der Waals surface area (Å²) >= 11 is 7.55. The molecule has 0 saturated heterocycles. The van der Waals surface area contributed by atoms with Gasteiger partial charge >= 0.3 is 0 Å². The van der Waals surface area contributed by atoms with E-state index in [0.717, 1.165) is 4.88 Å². The van der Waals surface area contributed by atoms with Gasteiger partial charge in [0.05, 0.1) is 6.04 Å². The van der Waals surface area contributed by atoms with Gasteiger partial charge in [-0.25, -0.2) is 9.97 Å². The second-order valence-electron chi connectivity index (χ2n) is 3.85. The molecule has 0 amide bonds. The molecular weight excluding hydrogens is 270 g/mol. The topological polar surface area (TPSA) is 58.0 Å². The molecule has 0 spiro atoms. The van der Waals surface area contributed by atoms with E-state index in [1.54, 1.807) is 24.3 Å². The van der Waals surface area contributed by atoms with Gasteiger partial charge in [-0.3, -0.25) is 0 Å². The van der Waals surface area contributed by atoms with Crippen molar-refractivity contribution in [1.82, 2.24) is 9.97 Å². The average molecular weight is 284 g/mol. The second kappa shape index (κ2) is 6.13. The van der Waals surface area contributed by atoms with Gasteiger partial charge in [0, 0.05) is 17.6 Å². The first-order chi connectivity index (χ1) is 8.69. The molecule has 2 aromatic heterocycles. The Morgan fingerprint density at radius 2 is 2.33 bits per heavy atom. The highest BCUT2D eigenvalue weighted by Crippen LogP contribution is 2.26. The van der Waals surface area contributed by atoms with Crippen molar-refractivity contribution in [3.05, 3.63) is 39.4 Å². The zero-order valence-corrected chi connectivity index (χ0v) is 11.5. The number of anilines is 1. The van der Waals surface area contributed by atoms with Crippen LogP contribution in [0.1, 0.15) is 23.2 Å². The van der Waals surface area contributed by atoms with E-state index in [1.165, 1.54) is 0 Å². The third kappa shape index (κ3) is 3.41. The number of aromatic nitrogens is 2. The van der Waals surface area contributed by atoms with Gasteiger partial charge in [0.2, 0.25) is 0 Å². The standard InChI is InChI=1S/C12H14ClN3OS/c1-8-14-11(13)7-12(15-8)16-9(4-5-17)10-3-2-6-18-10/h2-3,6-7,9,17H,4-5H2,1H3,(H,14,15,16)/t9-/m0/s1. The molecule has 0 aliphatic rings. The molecule has 2 aromatic rings. The van der Waals surface area contributed by atoms with E-state index in [2.05, 4.69) is 15.3 Å². The van der Waals surface area contributed by atoms with Crippen LogP contribution in [0.3, 0.4) is 0 Å². The van der Waals surface area contributed by atoms with Crippen LogP contribution in [-0.2, 0) is 0 Å². The van der Waals surface area contributed by atoms with Crippen molar-refractivity contribution in [3.8, 4) is 0 Å². The maximum absolute atomic E-state index is 9.13. The van der Waals surface area contributed by atoms with Gasteiger partial charge < -0.3 is 10.4 Å². The summed E-state index contributed by atoms with van der Waals surface area (Å²) in [7, 11) is 0. The lowest BCUT2D eigenvalue weighted by atomic mass is 10.2. The van der Waals surface area contributed by atoms with Crippen LogP contribution in [-0.4, -0.2) is 21.7 Å². The minimum atomic E-state index is 0.0420. The largest absolute Gasteiger partial charge is 0.396 e. The van der Waals surface area contributed by atoms with Crippen LogP contribution in [0.5, 0.6) is 0 Å². The molecule has 6 heteroatoms. The predicted octanol–water partition coefficient (Wildman–Crippen LogP) is 3.04. The molecule has 2 heterocycles. The highest BCUT2D eigenvalue weighted by molar-refractivity contribution is 7.10. The highest BCUT2D eigenvalue weighted by Gasteiger charge is 2.13. The fraction of sp³-hybridized carbons (Fsp3) is 0.333. The lowest BCUT2D eigenvalue weighted by Gasteiger charge is -2.17. The average Bonchev–Trinajstić information content (AvgIpc) is 2.80. The van der Waals surface area contributed by atoms with Gasteiger partial charge in [-0.05, 0) is 24.8 Å². The zero-order chi connectivity index (χ0) is 13.0. The Hall–Kier alpha value is -1.17.